The van der Waals surface area contributed by atoms with Gasteiger partial charge in [0, 0.05) is 6.54 Å². The number of rotatable bonds is 2. The van der Waals surface area contributed by atoms with Crippen molar-refractivity contribution in [3.05, 3.63) is 0 Å². The summed E-state index contributed by atoms with van der Waals surface area (Å²) >= 11 is 0. The molecule has 3 N–H and O–H groups in total. The fourth-order valence-corrected chi connectivity index (χ4v) is 0.447. The van der Waals surface area contributed by atoms with E-state index in [9.17, 15) is 8.42 Å². The van der Waals surface area contributed by atoms with Gasteiger partial charge in [0.1, 0.15) is 0 Å². The highest BCUT2D eigenvalue weighted by Gasteiger charge is 1.98. The first kappa shape index (κ1) is 11.1. The third-order valence-electron chi connectivity index (χ3n) is 0.376. The van der Waals surface area contributed by atoms with Crippen molar-refractivity contribution in [3.8, 4) is 0 Å². The van der Waals surface area contributed by atoms with Crippen molar-refractivity contribution >= 4 is 23.6 Å². The van der Waals surface area contributed by atoms with Gasteiger partial charge in [0.2, 0.25) is 0 Å². The molecule has 8 heavy (non-hydrogen) atoms. The minimum absolute atomic E-state index is 0. The lowest BCUT2D eigenvalue weighted by atomic mass is 10.8. The molecule has 0 aliphatic carbocycles. The first-order valence-electron chi connectivity index (χ1n) is 1.71. The summed E-state index contributed by atoms with van der Waals surface area (Å²) in [5.41, 5.74) is 4.78. The Morgan fingerprint density at radius 1 is 1.62 bits per heavy atom. The van der Waals surface area contributed by atoms with E-state index in [0.29, 0.717) is 0 Å². The maximum absolute atomic E-state index is 9.71. The van der Waals surface area contributed by atoms with Crippen molar-refractivity contribution in [2.45, 2.75) is 0 Å². The molecule has 0 aromatic rings. The van der Waals surface area contributed by atoms with Gasteiger partial charge in [-0.05, 0) is 0 Å². The summed E-state index contributed by atoms with van der Waals surface area (Å²) in [5.74, 6) is -0.354. The van der Waals surface area contributed by atoms with Crippen molar-refractivity contribution < 1.29 is 15.8 Å². The Morgan fingerprint density at radius 2 is 2.00 bits per heavy atom. The van der Waals surface area contributed by atoms with Crippen LogP contribution in [0.4, 0.5) is 0 Å². The van der Waals surface area contributed by atoms with Crippen LogP contribution in [-0.2, 0) is 23.6 Å². The monoisotopic (exact) mass is 159 g/mol. The highest BCUT2D eigenvalue weighted by atomic mass is 32.2. The zero-order valence-corrected chi connectivity index (χ0v) is 5.70. The molecule has 0 spiro atoms. The van der Waals surface area contributed by atoms with Crippen molar-refractivity contribution in [1.82, 2.24) is 0 Å². The highest BCUT2D eigenvalue weighted by molar-refractivity contribution is 7.85. The smallest absolute Gasteiger partial charge is 1.00 e. The van der Waals surface area contributed by atoms with Gasteiger partial charge in [0.05, 0.1) is 5.75 Å². The molecule has 52 valence electrons. The molecular weight excluding hydrogens is 150 g/mol. The van der Waals surface area contributed by atoms with Gasteiger partial charge in [-0.3, -0.25) is 4.55 Å². The van der Waals surface area contributed by atoms with Crippen LogP contribution in [0.3, 0.4) is 0 Å². The van der Waals surface area contributed by atoms with Crippen LogP contribution in [0.5, 0.6) is 0 Å². The van der Waals surface area contributed by atoms with Crippen molar-refractivity contribution in [2.75, 3.05) is 12.3 Å². The maximum atomic E-state index is 9.71. The minimum atomic E-state index is -3.80. The Balaban J connectivity index is -0.0000000600. The van der Waals surface area contributed by atoms with Gasteiger partial charge in [0.25, 0.3) is 10.1 Å². The van der Waals surface area contributed by atoms with E-state index < -0.39 is 10.1 Å². The third kappa shape index (κ3) is 9.52. The zero-order valence-electron chi connectivity index (χ0n) is 6.07. The molecule has 0 saturated heterocycles. The van der Waals surface area contributed by atoms with Crippen LogP contribution in [0.1, 0.15) is 2.85 Å². The van der Waals surface area contributed by atoms with Crippen molar-refractivity contribution in [1.29, 1.82) is 0 Å². The van der Waals surface area contributed by atoms with Crippen LogP contribution in [0, 0.1) is 0 Å². The van der Waals surface area contributed by atoms with Gasteiger partial charge in [-0.25, -0.2) is 0 Å². The Morgan fingerprint density at radius 3 is 2.00 bits per heavy atom. The average Bonchev–Trinajstić information content (AvgIpc) is 1.30. The molecule has 0 bridgehead atoms. The van der Waals surface area contributed by atoms with Crippen molar-refractivity contribution in [2.24, 2.45) is 5.73 Å². The van der Waals surface area contributed by atoms with Gasteiger partial charge < -0.3 is 19.2 Å². The van der Waals surface area contributed by atoms with E-state index in [2.05, 4.69) is 0 Å². The summed E-state index contributed by atoms with van der Waals surface area (Å²) in [5, 5.41) is 0. The highest BCUT2D eigenvalue weighted by Crippen LogP contribution is 1.74. The molecule has 0 amide bonds. The van der Waals surface area contributed by atoms with Crippen LogP contribution in [-0.4, -0.2) is 25.3 Å². The van der Waals surface area contributed by atoms with Crippen LogP contribution >= 0.6 is 0 Å². The molecule has 0 aromatic carbocycles. The molecule has 0 aliphatic heterocycles. The van der Waals surface area contributed by atoms with Gasteiger partial charge in [-0.15, -0.1) is 0 Å². The molecule has 0 fully saturated rings. The van der Waals surface area contributed by atoms with E-state index in [4.69, 9.17) is 10.3 Å². The number of nitrogens with two attached hydrogens (primary N) is 1. The van der Waals surface area contributed by atoms with Crippen molar-refractivity contribution in [3.63, 3.8) is 0 Å². The van der Waals surface area contributed by atoms with E-state index in [0.717, 1.165) is 0 Å². The van der Waals surface area contributed by atoms with Gasteiger partial charge in [0.15, 0.2) is 0 Å². The normalized spacial score (nSPS) is 10.2. The lowest BCUT2D eigenvalue weighted by molar-refractivity contribution is 0.483. The Hall–Kier alpha value is 0.220. The minimum Gasteiger partial charge on any atom is -2.00 e. The molecular formula is C2H9NO3S2. The SMILES string of the molecule is NCCS(=O)(=O)O.[H+].[H+].[S-2]. The van der Waals surface area contributed by atoms with E-state index >= 15 is 0 Å². The summed E-state index contributed by atoms with van der Waals surface area (Å²) < 4.78 is 27.3. The lowest BCUT2D eigenvalue weighted by Gasteiger charge is -2.00. The second-order valence-corrected chi connectivity index (χ2v) is 2.65. The molecule has 6 heteroatoms. The lowest BCUT2D eigenvalue weighted by Crippen LogP contribution is -2.13. The first-order valence-corrected chi connectivity index (χ1v) is 3.32. The Labute approximate surface area is 58.2 Å². The van der Waals surface area contributed by atoms with Gasteiger partial charge >= 0.3 is 2.85 Å². The predicted octanol–water partition coefficient (Wildman–Crippen LogP) is -0.945. The molecule has 0 saturated carbocycles. The van der Waals surface area contributed by atoms with Crippen LogP contribution in [0.2, 0.25) is 0 Å². The molecule has 0 unspecified atom stereocenters. The fraction of sp³-hybridized carbons (Fsp3) is 1.00. The van der Waals surface area contributed by atoms with Crippen LogP contribution < -0.4 is 5.73 Å². The third-order valence-corrected chi connectivity index (χ3v) is 1.13. The van der Waals surface area contributed by atoms with E-state index in [1.54, 1.807) is 0 Å². The van der Waals surface area contributed by atoms with E-state index in [1.807, 2.05) is 0 Å². The van der Waals surface area contributed by atoms with Gasteiger partial charge in [-0.2, -0.15) is 8.42 Å². The maximum Gasteiger partial charge on any atom is 1.00 e. The largest absolute Gasteiger partial charge is 2.00 e. The summed E-state index contributed by atoms with van der Waals surface area (Å²) in [7, 11) is -3.80. The fourth-order valence-electron chi connectivity index (χ4n) is 0.149. The number of hydrogen-bond donors (Lipinski definition) is 2. The standard InChI is InChI=1S/C2H7NO3S.S/c3-1-2-7(4,5)6;/h1-3H2,(H,4,5,6);/q;-2/p+2. The molecule has 0 aromatic heterocycles. The van der Waals surface area contributed by atoms with Gasteiger partial charge in [-0.1, -0.05) is 0 Å². The summed E-state index contributed by atoms with van der Waals surface area (Å²) in [6.45, 7) is -0.0289. The van der Waals surface area contributed by atoms with E-state index in [1.165, 1.54) is 0 Å². The van der Waals surface area contributed by atoms with E-state index in [-0.39, 0.29) is 28.6 Å². The summed E-state index contributed by atoms with van der Waals surface area (Å²) in [6.07, 6.45) is 0. The van der Waals surface area contributed by atoms with Crippen LogP contribution in [0.15, 0.2) is 0 Å². The number of hydrogen-bond acceptors (Lipinski definition) is 3. The summed E-state index contributed by atoms with van der Waals surface area (Å²) in [4.78, 5) is 0. The molecule has 0 heterocycles. The Bertz CT molecular complexity index is 135. The quantitative estimate of drug-likeness (QED) is 0.509. The molecule has 4 nitrogen and oxygen atoms in total. The second kappa shape index (κ2) is 4.13. The topological polar surface area (TPSA) is 80.4 Å². The molecule has 0 aliphatic rings. The molecule has 0 rings (SSSR count). The second-order valence-electron chi connectivity index (χ2n) is 1.07. The summed E-state index contributed by atoms with van der Waals surface area (Å²) in [6, 6.07) is 0. The van der Waals surface area contributed by atoms with Crippen LogP contribution in [0.25, 0.3) is 0 Å². The zero-order chi connectivity index (χ0) is 5.91. The molecule has 0 atom stereocenters. The average molecular weight is 159 g/mol. The first-order chi connectivity index (χ1) is 3.06. The Kier molecular flexibility index (Phi) is 5.72. The predicted molar refractivity (Wildman–Crippen MR) is 35.1 cm³/mol. The molecule has 0 radical (unpaired) electrons.